The van der Waals surface area contributed by atoms with E-state index in [4.69, 9.17) is 9.94 Å². The Balaban J connectivity index is 2.02. The molecule has 3 rings (SSSR count). The third kappa shape index (κ3) is 4.17. The van der Waals surface area contributed by atoms with Crippen LogP contribution >= 0.6 is 0 Å². The van der Waals surface area contributed by atoms with Crippen LogP contribution in [0.5, 0.6) is 6.01 Å². The Morgan fingerprint density at radius 2 is 2.03 bits per heavy atom. The number of hydrogen-bond donors (Lipinski definition) is 2. The summed E-state index contributed by atoms with van der Waals surface area (Å²) >= 11 is 0. The van der Waals surface area contributed by atoms with Crippen LogP contribution in [0.3, 0.4) is 0 Å². The van der Waals surface area contributed by atoms with Gasteiger partial charge in [0.25, 0.3) is 6.01 Å². The Bertz CT molecular complexity index is 1090. The molecule has 0 saturated carbocycles. The van der Waals surface area contributed by atoms with E-state index in [1.807, 2.05) is 13.8 Å². The number of nitrogens with zero attached hydrogens (tertiary/aromatic N) is 3. The summed E-state index contributed by atoms with van der Waals surface area (Å²) in [5.74, 6) is -1.57. The number of aromatic nitrogens is 2. The first kappa shape index (κ1) is 21.0. The van der Waals surface area contributed by atoms with E-state index >= 15 is 0 Å². The highest BCUT2D eigenvalue weighted by atomic mass is 19.1. The lowest BCUT2D eigenvalue weighted by Gasteiger charge is -2.12. The molecule has 0 saturated heterocycles. The van der Waals surface area contributed by atoms with Gasteiger partial charge in [0.1, 0.15) is 5.82 Å². The molecule has 0 amide bonds. The summed E-state index contributed by atoms with van der Waals surface area (Å²) in [4.78, 5) is 15.9. The van der Waals surface area contributed by atoms with Crippen molar-refractivity contribution in [1.82, 2.24) is 9.55 Å². The van der Waals surface area contributed by atoms with E-state index in [-0.39, 0.29) is 12.1 Å². The van der Waals surface area contributed by atoms with E-state index in [2.05, 4.69) is 10.1 Å². The average Bonchev–Trinajstić information content (AvgIpc) is 3.06. The number of carboxylic acids is 1. The Kier molecular flexibility index (Phi) is 6.46. The molecule has 0 fully saturated rings. The molecule has 1 aromatic heterocycles. The zero-order valence-electron chi connectivity index (χ0n) is 16.7. The molecule has 156 valence electrons. The first-order chi connectivity index (χ1) is 14.5. The van der Waals surface area contributed by atoms with Crippen molar-refractivity contribution in [2.45, 2.75) is 26.8 Å². The minimum Gasteiger partial charge on any atom is -0.478 e. The van der Waals surface area contributed by atoms with Crippen LogP contribution in [-0.2, 0) is 13.0 Å². The van der Waals surface area contributed by atoms with Gasteiger partial charge in [0, 0.05) is 5.56 Å². The SMILES string of the molecule is CCOc1nc(CC)c(C=NO)n1Cc1ccc(-c2ccccc2C(=O)O)cc1F. The molecule has 0 unspecified atom stereocenters. The van der Waals surface area contributed by atoms with Crippen LogP contribution in [0.25, 0.3) is 11.1 Å². The Morgan fingerprint density at radius 1 is 1.27 bits per heavy atom. The van der Waals surface area contributed by atoms with Crippen LogP contribution in [-0.4, -0.2) is 38.7 Å². The maximum atomic E-state index is 15.0. The molecule has 2 N–H and O–H groups in total. The van der Waals surface area contributed by atoms with Crippen LogP contribution in [0, 0.1) is 5.82 Å². The lowest BCUT2D eigenvalue weighted by Crippen LogP contribution is -2.10. The minimum atomic E-state index is -1.07. The van der Waals surface area contributed by atoms with Crippen LogP contribution in [0.4, 0.5) is 4.39 Å². The molecule has 0 spiro atoms. The second-order valence-corrected chi connectivity index (χ2v) is 6.50. The molecule has 0 bridgehead atoms. The Labute approximate surface area is 173 Å². The highest BCUT2D eigenvalue weighted by molar-refractivity contribution is 5.96. The largest absolute Gasteiger partial charge is 0.478 e. The quantitative estimate of drug-likeness (QED) is 0.329. The lowest BCUT2D eigenvalue weighted by atomic mass is 9.98. The van der Waals surface area contributed by atoms with Gasteiger partial charge in [0.2, 0.25) is 0 Å². The van der Waals surface area contributed by atoms with Crippen molar-refractivity contribution in [1.29, 1.82) is 0 Å². The van der Waals surface area contributed by atoms with Crippen LogP contribution in [0.1, 0.15) is 41.2 Å². The van der Waals surface area contributed by atoms with E-state index < -0.39 is 11.8 Å². The number of benzene rings is 2. The van der Waals surface area contributed by atoms with Gasteiger partial charge in [-0.1, -0.05) is 42.4 Å². The number of carboxylic acid groups (broad SMARTS) is 1. The number of rotatable bonds is 8. The molecule has 8 heteroatoms. The molecule has 2 aromatic carbocycles. The minimum absolute atomic E-state index is 0.104. The zero-order valence-corrected chi connectivity index (χ0v) is 16.7. The number of aromatic carboxylic acids is 1. The highest BCUT2D eigenvalue weighted by Crippen LogP contribution is 2.27. The maximum Gasteiger partial charge on any atom is 0.336 e. The van der Waals surface area contributed by atoms with Gasteiger partial charge in [-0.15, -0.1) is 0 Å². The van der Waals surface area contributed by atoms with Crippen LogP contribution in [0.15, 0.2) is 47.6 Å². The summed E-state index contributed by atoms with van der Waals surface area (Å²) in [7, 11) is 0. The molecule has 3 aromatic rings. The standard InChI is InChI=1S/C22H22FN3O4/c1-3-19-20(12-24-29)26(22(25-19)30-4-2)13-15-10-9-14(11-18(15)23)16-7-5-6-8-17(16)21(27)28/h5-12,29H,3-4,13H2,1-2H3,(H,27,28). The predicted octanol–water partition coefficient (Wildman–Crippen LogP) is 4.20. The van der Waals surface area contributed by atoms with E-state index in [1.54, 1.807) is 34.9 Å². The van der Waals surface area contributed by atoms with Gasteiger partial charge in [-0.3, -0.25) is 4.57 Å². The van der Waals surface area contributed by atoms with Crippen LogP contribution < -0.4 is 4.74 Å². The molecule has 30 heavy (non-hydrogen) atoms. The molecule has 0 aliphatic carbocycles. The van der Waals surface area contributed by atoms with Gasteiger partial charge in [0.05, 0.1) is 36.3 Å². The predicted molar refractivity (Wildman–Crippen MR) is 110 cm³/mol. The molecule has 0 aliphatic heterocycles. The second-order valence-electron chi connectivity index (χ2n) is 6.50. The number of imidazole rings is 1. The summed E-state index contributed by atoms with van der Waals surface area (Å²) in [5, 5.41) is 21.5. The maximum absolute atomic E-state index is 15.0. The topological polar surface area (TPSA) is 96.9 Å². The first-order valence-corrected chi connectivity index (χ1v) is 9.50. The summed E-state index contributed by atoms with van der Waals surface area (Å²) < 4.78 is 22.2. The third-order valence-electron chi connectivity index (χ3n) is 4.69. The van der Waals surface area contributed by atoms with Crippen molar-refractivity contribution in [3.8, 4) is 17.1 Å². The van der Waals surface area contributed by atoms with Gasteiger partial charge in [-0.2, -0.15) is 4.98 Å². The smallest absolute Gasteiger partial charge is 0.336 e. The van der Waals surface area contributed by atoms with Gasteiger partial charge in [-0.05, 0) is 36.6 Å². The first-order valence-electron chi connectivity index (χ1n) is 9.50. The van der Waals surface area contributed by atoms with Crippen molar-refractivity contribution in [3.05, 3.63) is 70.8 Å². The van der Waals surface area contributed by atoms with E-state index in [0.717, 1.165) is 0 Å². The fourth-order valence-electron chi connectivity index (χ4n) is 3.28. The van der Waals surface area contributed by atoms with Gasteiger partial charge >= 0.3 is 5.97 Å². The summed E-state index contributed by atoms with van der Waals surface area (Å²) in [6, 6.07) is 11.4. The van der Waals surface area contributed by atoms with Gasteiger partial charge in [0.15, 0.2) is 0 Å². The summed E-state index contributed by atoms with van der Waals surface area (Å²) in [6.45, 7) is 4.21. The number of hydrogen-bond acceptors (Lipinski definition) is 5. The van der Waals surface area contributed by atoms with E-state index in [0.29, 0.717) is 47.1 Å². The second kappa shape index (κ2) is 9.21. The number of carbonyl (C=O) groups is 1. The molecule has 7 nitrogen and oxygen atoms in total. The number of oxime groups is 1. The van der Waals surface area contributed by atoms with E-state index in [9.17, 15) is 14.3 Å². The van der Waals surface area contributed by atoms with Crippen molar-refractivity contribution in [2.75, 3.05) is 6.61 Å². The van der Waals surface area contributed by atoms with Gasteiger partial charge in [-0.25, -0.2) is 9.18 Å². The molecule has 0 atom stereocenters. The van der Waals surface area contributed by atoms with Crippen molar-refractivity contribution in [3.63, 3.8) is 0 Å². The lowest BCUT2D eigenvalue weighted by molar-refractivity contribution is 0.0697. The monoisotopic (exact) mass is 411 g/mol. The molecule has 0 aliphatic rings. The normalized spacial score (nSPS) is 11.2. The van der Waals surface area contributed by atoms with Gasteiger partial charge < -0.3 is 15.1 Å². The Hall–Kier alpha value is -3.68. The number of aryl methyl sites for hydroxylation is 1. The molecular weight excluding hydrogens is 389 g/mol. The molecule has 1 heterocycles. The van der Waals surface area contributed by atoms with Crippen molar-refractivity contribution in [2.24, 2.45) is 5.16 Å². The van der Waals surface area contributed by atoms with E-state index in [1.165, 1.54) is 18.3 Å². The number of halogens is 1. The third-order valence-corrected chi connectivity index (χ3v) is 4.69. The average molecular weight is 411 g/mol. The highest BCUT2D eigenvalue weighted by Gasteiger charge is 2.18. The summed E-state index contributed by atoms with van der Waals surface area (Å²) in [6.07, 6.45) is 1.84. The molecular formula is C22H22FN3O4. The zero-order chi connectivity index (χ0) is 21.7. The fourth-order valence-corrected chi connectivity index (χ4v) is 3.28. The van der Waals surface area contributed by atoms with Crippen molar-refractivity contribution < 1.29 is 24.2 Å². The van der Waals surface area contributed by atoms with Crippen molar-refractivity contribution >= 4 is 12.2 Å². The fraction of sp³-hybridized carbons (Fsp3) is 0.227. The Morgan fingerprint density at radius 3 is 2.67 bits per heavy atom. The van der Waals surface area contributed by atoms with Crippen LogP contribution in [0.2, 0.25) is 0 Å². The number of ether oxygens (including phenoxy) is 1. The molecule has 0 radical (unpaired) electrons. The summed E-state index contributed by atoms with van der Waals surface area (Å²) in [5.41, 5.74) is 2.57.